The molecule has 4 aromatic heterocycles. The van der Waals surface area contributed by atoms with E-state index in [1.54, 1.807) is 0 Å². The van der Waals surface area contributed by atoms with Gasteiger partial charge in [-0.3, -0.25) is 0 Å². The van der Waals surface area contributed by atoms with E-state index in [0.717, 1.165) is 95.9 Å². The van der Waals surface area contributed by atoms with Crippen molar-refractivity contribution in [2.75, 3.05) is 0 Å². The first-order chi connectivity index (χ1) is 24.7. The molecular formula is C45H34N5+. The second-order valence-corrected chi connectivity index (χ2v) is 12.5. The Bertz CT molecular complexity index is 2570. The molecule has 6 heterocycles. The Labute approximate surface area is 290 Å². The Morgan fingerprint density at radius 1 is 0.420 bits per heavy atom. The third kappa shape index (κ3) is 5.26. The largest absolute Gasteiger partial charge is 0.354 e. The van der Waals surface area contributed by atoms with E-state index in [1.165, 1.54) is 0 Å². The van der Waals surface area contributed by atoms with E-state index in [0.29, 0.717) is 0 Å². The van der Waals surface area contributed by atoms with E-state index < -0.39 is 0 Å². The number of aromatic nitrogens is 5. The lowest BCUT2D eigenvalue weighted by Gasteiger charge is -2.06. The third-order valence-electron chi connectivity index (χ3n) is 9.45. The molecule has 5 nitrogen and oxygen atoms in total. The molecule has 2 aliphatic heterocycles. The van der Waals surface area contributed by atoms with Crippen LogP contribution in [0.25, 0.3) is 90.9 Å². The highest BCUT2D eigenvalue weighted by Crippen LogP contribution is 2.38. The molecule has 7 aromatic rings. The fourth-order valence-electron chi connectivity index (χ4n) is 7.10. The summed E-state index contributed by atoms with van der Waals surface area (Å²) in [4.78, 5) is 18.4. The van der Waals surface area contributed by atoms with Crippen molar-refractivity contribution in [3.05, 3.63) is 163 Å². The van der Waals surface area contributed by atoms with Crippen LogP contribution in [0.4, 0.5) is 0 Å². The number of nitrogens with one attached hydrogen (secondary N) is 2. The van der Waals surface area contributed by atoms with Crippen LogP contribution in [0.3, 0.4) is 0 Å². The molecule has 0 atom stereocenters. The third-order valence-corrected chi connectivity index (χ3v) is 9.45. The Hall–Kier alpha value is -6.59. The van der Waals surface area contributed by atoms with Gasteiger partial charge in [-0.25, -0.2) is 14.5 Å². The summed E-state index contributed by atoms with van der Waals surface area (Å²) in [5.41, 5.74) is 16.1. The summed E-state index contributed by atoms with van der Waals surface area (Å²) in [7, 11) is 0. The first kappa shape index (κ1) is 29.5. The van der Waals surface area contributed by atoms with Gasteiger partial charge in [-0.05, 0) is 78.3 Å². The lowest BCUT2D eigenvalue weighted by Crippen LogP contribution is -2.30. The number of fused-ring (bicyclic) bond motifs is 8. The number of rotatable bonds is 5. The highest BCUT2D eigenvalue weighted by atomic mass is 14.9. The van der Waals surface area contributed by atoms with Crippen molar-refractivity contribution in [3.8, 4) is 44.5 Å². The summed E-state index contributed by atoms with van der Waals surface area (Å²) >= 11 is 0. The molecule has 3 aromatic carbocycles. The fourth-order valence-corrected chi connectivity index (χ4v) is 7.10. The average Bonchev–Trinajstić information content (AvgIpc) is 4.01. The molecule has 0 unspecified atom stereocenters. The van der Waals surface area contributed by atoms with Crippen LogP contribution in [0.5, 0.6) is 0 Å². The number of aryl methyl sites for hydroxylation is 1. The van der Waals surface area contributed by atoms with Crippen LogP contribution in [0.15, 0.2) is 140 Å². The Morgan fingerprint density at radius 2 is 0.760 bits per heavy atom. The zero-order valence-electron chi connectivity index (χ0n) is 27.6. The van der Waals surface area contributed by atoms with E-state index in [4.69, 9.17) is 9.97 Å². The molecule has 2 aliphatic rings. The SMILES string of the molecule is CC[n+]1cccc(-c2c3nc(c(-c4ccccc4)c4ccc([nH]4)c(-c4ccccc4)c4nc(c(-c5ccccc5)c5ccc2[nH]5)C=C4)C=C3)c1. The molecule has 9 rings (SSSR count). The molecular weight excluding hydrogens is 611 g/mol. The first-order valence-electron chi connectivity index (χ1n) is 17.1. The highest BCUT2D eigenvalue weighted by Gasteiger charge is 2.19. The number of aromatic amines is 2. The van der Waals surface area contributed by atoms with E-state index in [9.17, 15) is 0 Å². The smallest absolute Gasteiger partial charge is 0.176 e. The van der Waals surface area contributed by atoms with Gasteiger partial charge in [0.25, 0.3) is 0 Å². The maximum absolute atomic E-state index is 5.39. The molecule has 0 aliphatic carbocycles. The topological polar surface area (TPSA) is 61.2 Å². The average molecular weight is 645 g/mol. The van der Waals surface area contributed by atoms with Crippen molar-refractivity contribution in [2.24, 2.45) is 0 Å². The van der Waals surface area contributed by atoms with Crippen LogP contribution in [0.1, 0.15) is 29.7 Å². The lowest BCUT2D eigenvalue weighted by molar-refractivity contribution is -0.693. The van der Waals surface area contributed by atoms with Gasteiger partial charge >= 0.3 is 0 Å². The summed E-state index contributed by atoms with van der Waals surface area (Å²) in [6.07, 6.45) is 12.9. The van der Waals surface area contributed by atoms with Crippen LogP contribution in [0, 0.1) is 0 Å². The van der Waals surface area contributed by atoms with Gasteiger partial charge in [0, 0.05) is 56.0 Å². The van der Waals surface area contributed by atoms with Crippen molar-refractivity contribution in [2.45, 2.75) is 13.5 Å². The molecule has 0 spiro atoms. The number of hydrogen-bond acceptors (Lipinski definition) is 2. The van der Waals surface area contributed by atoms with E-state index in [-0.39, 0.29) is 0 Å². The number of hydrogen-bond donors (Lipinski definition) is 2. The van der Waals surface area contributed by atoms with Crippen molar-refractivity contribution >= 4 is 46.4 Å². The van der Waals surface area contributed by atoms with Gasteiger partial charge in [0.1, 0.15) is 6.54 Å². The van der Waals surface area contributed by atoms with Crippen molar-refractivity contribution in [1.82, 2.24) is 19.9 Å². The Morgan fingerprint density at radius 3 is 1.12 bits per heavy atom. The Balaban J connectivity index is 1.48. The number of pyridine rings is 1. The van der Waals surface area contributed by atoms with Crippen LogP contribution < -0.4 is 4.57 Å². The summed E-state index contributed by atoms with van der Waals surface area (Å²) in [5.74, 6) is 0. The quantitative estimate of drug-likeness (QED) is 0.183. The summed E-state index contributed by atoms with van der Waals surface area (Å²) in [5, 5.41) is 0. The minimum Gasteiger partial charge on any atom is -0.354 e. The molecule has 0 radical (unpaired) electrons. The van der Waals surface area contributed by atoms with E-state index in [1.807, 2.05) is 0 Å². The molecule has 5 heteroatoms. The lowest BCUT2D eigenvalue weighted by atomic mass is 10.0. The minimum absolute atomic E-state index is 0.872. The summed E-state index contributed by atoms with van der Waals surface area (Å²) in [6.45, 7) is 3.03. The number of benzene rings is 3. The van der Waals surface area contributed by atoms with Crippen molar-refractivity contribution in [3.63, 3.8) is 0 Å². The van der Waals surface area contributed by atoms with Crippen molar-refractivity contribution < 1.29 is 4.57 Å². The van der Waals surface area contributed by atoms with E-state index >= 15 is 0 Å². The number of nitrogens with zero attached hydrogens (tertiary/aromatic N) is 3. The first-order valence-corrected chi connectivity index (χ1v) is 17.1. The molecule has 0 amide bonds. The highest BCUT2D eigenvalue weighted by molar-refractivity contribution is 5.99. The maximum atomic E-state index is 5.39. The van der Waals surface area contributed by atoms with Gasteiger partial charge in [-0.1, -0.05) is 91.0 Å². The van der Waals surface area contributed by atoms with Crippen LogP contribution in [0.2, 0.25) is 0 Å². The summed E-state index contributed by atoms with van der Waals surface area (Å²) < 4.78 is 2.20. The van der Waals surface area contributed by atoms with Gasteiger partial charge in [-0.2, -0.15) is 0 Å². The fraction of sp³-hybridized carbons (Fsp3) is 0.0444. The standard InChI is InChI=1S/C45H34N5/c1-2-50-28-12-19-33(29-50)45-40-26-24-38(48-40)43(31-15-8-4-9-16-31)36-22-20-34(46-36)42(30-13-6-3-7-14-30)35-21-23-37(47-35)44(32-17-10-5-11-18-32)39-25-27-41(45)49-39/h3-29,46,49H,2H2,1H3/q+1. The van der Waals surface area contributed by atoms with Crippen LogP contribution in [-0.4, -0.2) is 19.9 Å². The second kappa shape index (κ2) is 12.5. The van der Waals surface area contributed by atoms with E-state index in [2.05, 4.69) is 186 Å². The molecule has 238 valence electrons. The van der Waals surface area contributed by atoms with Crippen LogP contribution >= 0.6 is 0 Å². The molecule has 0 saturated carbocycles. The van der Waals surface area contributed by atoms with Crippen LogP contribution in [-0.2, 0) is 6.54 Å². The zero-order valence-corrected chi connectivity index (χ0v) is 27.6. The molecule has 0 saturated heterocycles. The molecule has 50 heavy (non-hydrogen) atoms. The molecule has 0 fully saturated rings. The van der Waals surface area contributed by atoms with Crippen molar-refractivity contribution in [1.29, 1.82) is 0 Å². The second-order valence-electron chi connectivity index (χ2n) is 12.5. The molecule has 2 N–H and O–H groups in total. The minimum atomic E-state index is 0.872. The monoisotopic (exact) mass is 644 g/mol. The van der Waals surface area contributed by atoms with Gasteiger partial charge in [-0.15, -0.1) is 0 Å². The zero-order chi connectivity index (χ0) is 33.4. The molecule has 8 bridgehead atoms. The maximum Gasteiger partial charge on any atom is 0.176 e. The predicted octanol–water partition coefficient (Wildman–Crippen LogP) is 10.6. The van der Waals surface area contributed by atoms with Gasteiger partial charge in [0.15, 0.2) is 12.4 Å². The number of H-pyrrole nitrogens is 2. The van der Waals surface area contributed by atoms with Gasteiger partial charge < -0.3 is 9.97 Å². The predicted molar refractivity (Wildman–Crippen MR) is 206 cm³/mol. The van der Waals surface area contributed by atoms with Gasteiger partial charge in [0.05, 0.1) is 22.8 Å². The summed E-state index contributed by atoms with van der Waals surface area (Å²) in [6, 6.07) is 44.5. The van der Waals surface area contributed by atoms with Gasteiger partial charge in [0.2, 0.25) is 0 Å². The Kier molecular flexibility index (Phi) is 7.36. The normalized spacial score (nSPS) is 12.0.